The lowest BCUT2D eigenvalue weighted by atomic mass is 10.3. The van der Waals surface area contributed by atoms with Gasteiger partial charge in [-0.25, -0.2) is 0 Å². The summed E-state index contributed by atoms with van der Waals surface area (Å²) in [6, 6.07) is 5.76. The maximum atomic E-state index is 11.3. The number of hydrogen-bond donors (Lipinski definition) is 4. The standard InChI is InChI=1S/C11H13ClN6O3S/c12-9-16-10(14-6-5-13)18-11(17-9)15-7-3-1-2-4-8(7)22(19,20)21/h1-4H,5-6,13H2,(H,19,20,21)(H2,14,15,16,17,18). The first-order valence-corrected chi connectivity index (χ1v) is 7.91. The molecule has 0 unspecified atom stereocenters. The number of benzene rings is 1. The number of aromatic nitrogens is 3. The summed E-state index contributed by atoms with van der Waals surface area (Å²) in [6.45, 7) is 0.805. The van der Waals surface area contributed by atoms with Gasteiger partial charge in [0.05, 0.1) is 5.69 Å². The third kappa shape index (κ3) is 4.24. The third-order valence-electron chi connectivity index (χ3n) is 2.45. The molecule has 0 aliphatic rings. The summed E-state index contributed by atoms with van der Waals surface area (Å²) < 4.78 is 31.9. The molecule has 0 aliphatic carbocycles. The number of rotatable bonds is 6. The van der Waals surface area contributed by atoms with Crippen LogP contribution >= 0.6 is 11.6 Å². The number of nitrogens with zero attached hydrogens (tertiary/aromatic N) is 3. The van der Waals surface area contributed by atoms with Crippen LogP contribution in [0.1, 0.15) is 0 Å². The first-order chi connectivity index (χ1) is 10.4. The van der Waals surface area contributed by atoms with Crippen LogP contribution in [0.25, 0.3) is 0 Å². The molecule has 2 rings (SSSR count). The van der Waals surface area contributed by atoms with Crippen molar-refractivity contribution in [2.45, 2.75) is 4.90 Å². The Morgan fingerprint density at radius 2 is 1.86 bits per heavy atom. The van der Waals surface area contributed by atoms with Gasteiger partial charge in [0.2, 0.25) is 17.2 Å². The van der Waals surface area contributed by atoms with Gasteiger partial charge in [0.15, 0.2) is 0 Å². The summed E-state index contributed by atoms with van der Waals surface area (Å²) in [6.07, 6.45) is 0. The van der Waals surface area contributed by atoms with E-state index in [0.29, 0.717) is 13.1 Å². The van der Waals surface area contributed by atoms with Crippen LogP contribution < -0.4 is 16.4 Å². The zero-order valence-corrected chi connectivity index (χ0v) is 12.8. The minimum atomic E-state index is -4.39. The molecule has 1 aromatic heterocycles. The molecule has 0 amide bonds. The van der Waals surface area contributed by atoms with Crippen molar-refractivity contribution in [3.05, 3.63) is 29.5 Å². The summed E-state index contributed by atoms with van der Waals surface area (Å²) in [4.78, 5) is 11.4. The van der Waals surface area contributed by atoms with Gasteiger partial charge in [-0.1, -0.05) is 12.1 Å². The Balaban J connectivity index is 2.34. The van der Waals surface area contributed by atoms with Gasteiger partial charge in [0.25, 0.3) is 10.1 Å². The van der Waals surface area contributed by atoms with Crippen molar-refractivity contribution in [2.24, 2.45) is 5.73 Å². The molecule has 5 N–H and O–H groups in total. The molecule has 0 atom stereocenters. The minimum absolute atomic E-state index is 0.0237. The molecule has 0 saturated heterocycles. The topological polar surface area (TPSA) is 143 Å². The van der Waals surface area contributed by atoms with E-state index in [1.54, 1.807) is 6.07 Å². The predicted molar refractivity (Wildman–Crippen MR) is 81.9 cm³/mol. The maximum absolute atomic E-state index is 11.3. The molecule has 1 heterocycles. The average molecular weight is 345 g/mol. The second-order valence-corrected chi connectivity index (χ2v) is 5.79. The van der Waals surface area contributed by atoms with Crippen LogP contribution in [0.5, 0.6) is 0 Å². The quantitative estimate of drug-likeness (QED) is 0.561. The summed E-state index contributed by atoms with van der Waals surface area (Å²) >= 11 is 5.78. The molecule has 9 nitrogen and oxygen atoms in total. The number of hydrogen-bond acceptors (Lipinski definition) is 8. The second kappa shape index (κ2) is 6.83. The normalized spacial score (nSPS) is 11.2. The maximum Gasteiger partial charge on any atom is 0.296 e. The molecule has 11 heteroatoms. The van der Waals surface area contributed by atoms with Gasteiger partial charge in [-0.3, -0.25) is 4.55 Å². The summed E-state index contributed by atoms with van der Waals surface area (Å²) in [5.74, 6) is 0.216. The Morgan fingerprint density at radius 3 is 2.55 bits per heavy atom. The minimum Gasteiger partial charge on any atom is -0.353 e. The lowest BCUT2D eigenvalue weighted by Crippen LogP contribution is -2.15. The van der Waals surface area contributed by atoms with Crippen molar-refractivity contribution in [2.75, 3.05) is 23.7 Å². The van der Waals surface area contributed by atoms with Gasteiger partial charge >= 0.3 is 0 Å². The number of halogens is 1. The van der Waals surface area contributed by atoms with Gasteiger partial charge in [0.1, 0.15) is 4.90 Å². The Hall–Kier alpha value is -2.01. The van der Waals surface area contributed by atoms with Crippen LogP contribution in [0.3, 0.4) is 0 Å². The molecular formula is C11H13ClN6O3S. The van der Waals surface area contributed by atoms with Gasteiger partial charge in [-0.15, -0.1) is 0 Å². The van der Waals surface area contributed by atoms with Gasteiger partial charge < -0.3 is 16.4 Å². The van der Waals surface area contributed by atoms with E-state index in [1.165, 1.54) is 18.2 Å². The van der Waals surface area contributed by atoms with E-state index in [9.17, 15) is 13.0 Å². The monoisotopic (exact) mass is 344 g/mol. The lowest BCUT2D eigenvalue weighted by Gasteiger charge is -2.10. The van der Waals surface area contributed by atoms with E-state index in [1.807, 2.05) is 0 Å². The molecule has 118 valence electrons. The number of nitrogens with one attached hydrogen (secondary N) is 2. The molecule has 0 fully saturated rings. The van der Waals surface area contributed by atoms with E-state index in [2.05, 4.69) is 25.6 Å². The fraction of sp³-hybridized carbons (Fsp3) is 0.182. The van der Waals surface area contributed by atoms with Crippen LogP contribution in [0.2, 0.25) is 5.28 Å². The highest BCUT2D eigenvalue weighted by molar-refractivity contribution is 7.86. The molecule has 0 aliphatic heterocycles. The third-order valence-corrected chi connectivity index (χ3v) is 3.53. The van der Waals surface area contributed by atoms with Gasteiger partial charge in [0, 0.05) is 13.1 Å². The smallest absolute Gasteiger partial charge is 0.296 e. The SMILES string of the molecule is NCCNc1nc(Cl)nc(Nc2ccccc2S(=O)(=O)O)n1. The number of nitrogens with two attached hydrogens (primary N) is 1. The molecule has 0 bridgehead atoms. The molecule has 2 aromatic rings. The molecule has 22 heavy (non-hydrogen) atoms. The highest BCUT2D eigenvalue weighted by atomic mass is 35.5. The average Bonchev–Trinajstić information content (AvgIpc) is 2.44. The zero-order valence-electron chi connectivity index (χ0n) is 11.2. The first-order valence-electron chi connectivity index (χ1n) is 6.09. The fourth-order valence-corrected chi connectivity index (χ4v) is 2.39. The Morgan fingerprint density at radius 1 is 1.18 bits per heavy atom. The molecule has 0 spiro atoms. The number of para-hydroxylation sites is 1. The summed E-state index contributed by atoms with van der Waals surface area (Å²) in [5.41, 5.74) is 5.48. The first kappa shape index (κ1) is 16.4. The molecule has 1 aromatic carbocycles. The van der Waals surface area contributed by atoms with Crippen LogP contribution in [0, 0.1) is 0 Å². The fourth-order valence-electron chi connectivity index (χ4n) is 1.58. The summed E-state index contributed by atoms with van der Waals surface area (Å²) in [5, 5.41) is 5.42. The van der Waals surface area contributed by atoms with Gasteiger partial charge in [-0.2, -0.15) is 23.4 Å². The van der Waals surface area contributed by atoms with Crippen LogP contribution in [-0.2, 0) is 10.1 Å². The summed E-state index contributed by atoms with van der Waals surface area (Å²) in [7, 11) is -4.39. The molecular weight excluding hydrogens is 332 g/mol. The van der Waals surface area contributed by atoms with E-state index in [4.69, 9.17) is 17.3 Å². The predicted octanol–water partition coefficient (Wildman–Crippen LogP) is 0.886. The number of anilines is 3. The van der Waals surface area contributed by atoms with Crippen molar-refractivity contribution >= 4 is 39.3 Å². The van der Waals surface area contributed by atoms with Gasteiger partial charge in [-0.05, 0) is 23.7 Å². The van der Waals surface area contributed by atoms with E-state index >= 15 is 0 Å². The zero-order chi connectivity index (χ0) is 16.2. The van der Waals surface area contributed by atoms with Crippen LogP contribution in [-0.4, -0.2) is 41.0 Å². The van der Waals surface area contributed by atoms with Crippen LogP contribution in [0.15, 0.2) is 29.2 Å². The van der Waals surface area contributed by atoms with Crippen molar-refractivity contribution in [3.63, 3.8) is 0 Å². The van der Waals surface area contributed by atoms with Crippen molar-refractivity contribution in [1.82, 2.24) is 15.0 Å². The van der Waals surface area contributed by atoms with E-state index in [-0.39, 0.29) is 27.8 Å². The van der Waals surface area contributed by atoms with Crippen LogP contribution in [0.4, 0.5) is 17.6 Å². The van der Waals surface area contributed by atoms with Crippen molar-refractivity contribution in [1.29, 1.82) is 0 Å². The second-order valence-electron chi connectivity index (χ2n) is 4.06. The Labute approximate surface area is 131 Å². The molecule has 0 radical (unpaired) electrons. The Kier molecular flexibility index (Phi) is 5.08. The van der Waals surface area contributed by atoms with Crippen molar-refractivity contribution in [3.8, 4) is 0 Å². The van der Waals surface area contributed by atoms with E-state index < -0.39 is 10.1 Å². The van der Waals surface area contributed by atoms with Crippen molar-refractivity contribution < 1.29 is 13.0 Å². The largest absolute Gasteiger partial charge is 0.353 e. The lowest BCUT2D eigenvalue weighted by molar-refractivity contribution is 0.483. The highest BCUT2D eigenvalue weighted by Gasteiger charge is 2.16. The highest BCUT2D eigenvalue weighted by Crippen LogP contribution is 2.23. The van der Waals surface area contributed by atoms with E-state index in [0.717, 1.165) is 0 Å². The Bertz CT molecular complexity index is 770. The molecule has 0 saturated carbocycles.